The number of hydrogen-bond donors (Lipinski definition) is 2. The van der Waals surface area contributed by atoms with E-state index in [1.165, 1.54) is 11.8 Å². The fourth-order valence-corrected chi connectivity index (χ4v) is 2.72. The van der Waals surface area contributed by atoms with Crippen LogP contribution in [0, 0.1) is 6.92 Å². The SMILES string of the molecule is CC[C@H](C)NC(=O)NC(=O)CSc1nc(C)cc(-c2ccccc2)n1. The van der Waals surface area contributed by atoms with Gasteiger partial charge in [0.25, 0.3) is 0 Å². The van der Waals surface area contributed by atoms with Gasteiger partial charge in [-0.05, 0) is 26.3 Å². The van der Waals surface area contributed by atoms with Crippen LogP contribution in [-0.4, -0.2) is 33.7 Å². The number of nitrogens with one attached hydrogen (secondary N) is 2. The Hall–Kier alpha value is -2.41. The van der Waals surface area contributed by atoms with Crippen LogP contribution >= 0.6 is 11.8 Å². The lowest BCUT2D eigenvalue weighted by Gasteiger charge is -2.11. The molecular weight excluding hydrogens is 336 g/mol. The largest absolute Gasteiger partial charge is 0.335 e. The van der Waals surface area contributed by atoms with Gasteiger partial charge in [0.05, 0.1) is 11.4 Å². The summed E-state index contributed by atoms with van der Waals surface area (Å²) in [6.07, 6.45) is 0.801. The molecule has 0 unspecified atom stereocenters. The van der Waals surface area contributed by atoms with E-state index in [9.17, 15) is 9.59 Å². The van der Waals surface area contributed by atoms with E-state index in [4.69, 9.17) is 0 Å². The summed E-state index contributed by atoms with van der Waals surface area (Å²) in [5.41, 5.74) is 2.63. The van der Waals surface area contributed by atoms with Crippen LogP contribution < -0.4 is 10.6 Å². The van der Waals surface area contributed by atoms with E-state index in [1.54, 1.807) is 0 Å². The molecule has 25 heavy (non-hydrogen) atoms. The van der Waals surface area contributed by atoms with E-state index >= 15 is 0 Å². The van der Waals surface area contributed by atoms with Crippen molar-refractivity contribution in [1.82, 2.24) is 20.6 Å². The summed E-state index contributed by atoms with van der Waals surface area (Å²) in [5, 5.41) is 5.51. The molecule has 1 aromatic heterocycles. The van der Waals surface area contributed by atoms with Crippen LogP contribution in [0.2, 0.25) is 0 Å². The van der Waals surface area contributed by atoms with Gasteiger partial charge in [-0.2, -0.15) is 0 Å². The first-order chi connectivity index (χ1) is 12.0. The Labute approximate surface area is 151 Å². The number of nitrogens with zero attached hydrogens (tertiary/aromatic N) is 2. The lowest BCUT2D eigenvalue weighted by Crippen LogP contribution is -2.43. The Morgan fingerprint density at radius 2 is 1.92 bits per heavy atom. The highest BCUT2D eigenvalue weighted by molar-refractivity contribution is 7.99. The van der Waals surface area contributed by atoms with Crippen LogP contribution in [0.1, 0.15) is 26.0 Å². The Morgan fingerprint density at radius 3 is 2.60 bits per heavy atom. The van der Waals surface area contributed by atoms with Crippen molar-refractivity contribution in [3.8, 4) is 11.3 Å². The third-order valence-corrected chi connectivity index (χ3v) is 4.33. The van der Waals surface area contributed by atoms with Crippen LogP contribution in [0.5, 0.6) is 0 Å². The van der Waals surface area contributed by atoms with Crippen molar-refractivity contribution in [1.29, 1.82) is 0 Å². The van der Waals surface area contributed by atoms with Crippen molar-refractivity contribution in [2.75, 3.05) is 5.75 Å². The Morgan fingerprint density at radius 1 is 1.20 bits per heavy atom. The van der Waals surface area contributed by atoms with Gasteiger partial charge in [0.1, 0.15) is 0 Å². The number of benzene rings is 1. The number of imide groups is 1. The van der Waals surface area contributed by atoms with E-state index < -0.39 is 6.03 Å². The minimum Gasteiger partial charge on any atom is -0.335 e. The second-order valence-electron chi connectivity index (χ2n) is 5.66. The Kier molecular flexibility index (Phi) is 6.94. The first kappa shape index (κ1) is 18.9. The number of carbonyl (C=O) groups excluding carboxylic acids is 2. The summed E-state index contributed by atoms with van der Waals surface area (Å²) < 4.78 is 0. The molecule has 7 heteroatoms. The fourth-order valence-electron chi connectivity index (χ4n) is 2.02. The molecule has 1 atom stereocenters. The maximum atomic E-state index is 11.9. The fraction of sp³-hybridized carbons (Fsp3) is 0.333. The number of amides is 3. The van der Waals surface area contributed by atoms with Gasteiger partial charge in [-0.3, -0.25) is 10.1 Å². The molecule has 0 spiro atoms. The minimum atomic E-state index is -0.477. The van der Waals surface area contributed by atoms with Crippen molar-refractivity contribution in [2.45, 2.75) is 38.4 Å². The summed E-state index contributed by atoms with van der Waals surface area (Å²) in [6.45, 7) is 5.73. The molecular formula is C18H22N4O2S. The van der Waals surface area contributed by atoms with Crippen molar-refractivity contribution in [3.05, 3.63) is 42.1 Å². The van der Waals surface area contributed by atoms with Gasteiger partial charge >= 0.3 is 6.03 Å². The summed E-state index contributed by atoms with van der Waals surface area (Å²) in [6, 6.07) is 11.2. The number of urea groups is 1. The van der Waals surface area contributed by atoms with E-state index in [0.29, 0.717) is 5.16 Å². The highest BCUT2D eigenvalue weighted by Crippen LogP contribution is 2.21. The molecule has 132 valence electrons. The zero-order valence-electron chi connectivity index (χ0n) is 14.6. The van der Waals surface area contributed by atoms with Gasteiger partial charge in [0.2, 0.25) is 5.91 Å². The summed E-state index contributed by atoms with van der Waals surface area (Å²) in [4.78, 5) is 32.4. The number of hydrogen-bond acceptors (Lipinski definition) is 5. The molecule has 0 aliphatic heterocycles. The van der Waals surface area contributed by atoms with Crippen molar-refractivity contribution in [3.63, 3.8) is 0 Å². The number of rotatable bonds is 6. The second kappa shape index (κ2) is 9.17. The van der Waals surface area contributed by atoms with Crippen molar-refractivity contribution >= 4 is 23.7 Å². The van der Waals surface area contributed by atoms with Crippen molar-refractivity contribution < 1.29 is 9.59 Å². The predicted molar refractivity (Wildman–Crippen MR) is 99.4 cm³/mol. The van der Waals surface area contributed by atoms with Gasteiger partial charge in [-0.1, -0.05) is 49.0 Å². The molecule has 2 aromatic rings. The van der Waals surface area contributed by atoms with E-state index in [0.717, 1.165) is 23.4 Å². The summed E-state index contributed by atoms with van der Waals surface area (Å²) >= 11 is 1.20. The van der Waals surface area contributed by atoms with Crippen LogP contribution in [0.3, 0.4) is 0 Å². The first-order valence-electron chi connectivity index (χ1n) is 8.12. The molecule has 2 rings (SSSR count). The normalized spacial score (nSPS) is 11.6. The number of carbonyl (C=O) groups is 2. The van der Waals surface area contributed by atoms with Gasteiger partial charge in [-0.25, -0.2) is 14.8 Å². The lowest BCUT2D eigenvalue weighted by atomic mass is 10.1. The molecule has 0 radical (unpaired) electrons. The smallest absolute Gasteiger partial charge is 0.321 e. The van der Waals surface area contributed by atoms with E-state index in [1.807, 2.05) is 57.2 Å². The van der Waals surface area contributed by atoms with Crippen molar-refractivity contribution in [2.24, 2.45) is 0 Å². The van der Waals surface area contributed by atoms with Gasteiger partial charge in [0, 0.05) is 17.3 Å². The van der Waals surface area contributed by atoms with Crippen LogP contribution in [0.15, 0.2) is 41.6 Å². The molecule has 0 aliphatic carbocycles. The quantitative estimate of drug-likeness (QED) is 0.612. The molecule has 6 nitrogen and oxygen atoms in total. The van der Waals surface area contributed by atoms with Crippen LogP contribution in [0.4, 0.5) is 4.79 Å². The highest BCUT2D eigenvalue weighted by atomic mass is 32.2. The number of aryl methyl sites for hydroxylation is 1. The van der Waals surface area contributed by atoms with E-state index in [2.05, 4.69) is 20.6 Å². The molecule has 0 saturated carbocycles. The average molecular weight is 358 g/mol. The standard InChI is InChI=1S/C18H22N4O2S/c1-4-12(2)19-17(24)22-16(23)11-25-18-20-13(3)10-15(21-18)14-8-6-5-7-9-14/h5-10,12H,4,11H2,1-3H3,(H2,19,22,23,24)/t12-/m0/s1. The van der Waals surface area contributed by atoms with Gasteiger partial charge in [-0.15, -0.1) is 0 Å². The van der Waals surface area contributed by atoms with Crippen LogP contribution in [-0.2, 0) is 4.79 Å². The third-order valence-electron chi connectivity index (χ3n) is 3.48. The van der Waals surface area contributed by atoms with E-state index in [-0.39, 0.29) is 17.7 Å². The summed E-state index contributed by atoms with van der Waals surface area (Å²) in [7, 11) is 0. The Balaban J connectivity index is 1.95. The van der Waals surface area contributed by atoms with Crippen LogP contribution in [0.25, 0.3) is 11.3 Å². The number of thioether (sulfide) groups is 1. The average Bonchev–Trinajstić information content (AvgIpc) is 2.60. The monoisotopic (exact) mass is 358 g/mol. The predicted octanol–water partition coefficient (Wildman–Crippen LogP) is 3.17. The molecule has 2 N–H and O–H groups in total. The molecule has 0 aliphatic rings. The maximum Gasteiger partial charge on any atom is 0.321 e. The van der Waals surface area contributed by atoms with Gasteiger partial charge in [0.15, 0.2) is 5.16 Å². The topological polar surface area (TPSA) is 84.0 Å². The zero-order chi connectivity index (χ0) is 18.2. The first-order valence-corrected chi connectivity index (χ1v) is 9.10. The molecule has 0 saturated heterocycles. The highest BCUT2D eigenvalue weighted by Gasteiger charge is 2.12. The summed E-state index contributed by atoms with van der Waals surface area (Å²) in [5.74, 6) is -0.303. The maximum absolute atomic E-state index is 11.9. The zero-order valence-corrected chi connectivity index (χ0v) is 15.4. The lowest BCUT2D eigenvalue weighted by molar-refractivity contribution is -0.117. The molecule has 1 aromatic carbocycles. The molecule has 0 fully saturated rings. The molecule has 3 amide bonds. The number of aromatic nitrogens is 2. The third kappa shape index (κ3) is 6.19. The second-order valence-corrected chi connectivity index (χ2v) is 6.61. The molecule has 1 heterocycles. The Bertz CT molecular complexity index is 737. The minimum absolute atomic E-state index is 0.0222. The van der Waals surface area contributed by atoms with Gasteiger partial charge < -0.3 is 5.32 Å². The molecule has 0 bridgehead atoms.